The lowest BCUT2D eigenvalue weighted by Gasteiger charge is -2.11. The molecule has 141 heavy (non-hydrogen) atoms. The SMILES string of the molecule is c1ccc(-c2cc(-c3ccccc3)nc(-c3ccc(-c4ccc5c(ccc6ccc7sc(-c8ccccc8)nc7c65)c4)cc3)n2)cc1.c1ccc(-c2cc(-c3ccccc3)nc(-c3ccc(-c4ccc5ccc6ccc7sc(-c8ccccc8)nc7c6c5c4)cc3)n2)cc1.c1ccc(-c2cc(-c3ccccc3)nc(-c3cccc(-c4ccc5c(ccc6ccc7sc(-c8ccccc8)nc7c65)c4)c3)n2)cc1. The van der Waals surface area contributed by atoms with Gasteiger partial charge in [-0.05, 0) is 143 Å². The van der Waals surface area contributed by atoms with Crippen molar-refractivity contribution in [2.45, 2.75) is 0 Å². The molecule has 0 amide bonds. The van der Waals surface area contributed by atoms with Crippen molar-refractivity contribution in [1.29, 1.82) is 0 Å². The Morgan fingerprint density at radius 1 is 0.128 bits per heavy atom. The van der Waals surface area contributed by atoms with Crippen LogP contribution in [0.1, 0.15) is 0 Å². The van der Waals surface area contributed by atoms with E-state index in [1.54, 1.807) is 34.0 Å². The van der Waals surface area contributed by atoms with E-state index in [1.807, 2.05) is 127 Å². The van der Waals surface area contributed by atoms with E-state index in [0.717, 1.165) is 160 Å². The highest BCUT2D eigenvalue weighted by molar-refractivity contribution is 7.22. The Balaban J connectivity index is 0.000000111. The summed E-state index contributed by atoms with van der Waals surface area (Å²) in [6.45, 7) is 0. The molecule has 27 aromatic rings. The van der Waals surface area contributed by atoms with E-state index in [4.69, 9.17) is 44.9 Å². The van der Waals surface area contributed by atoms with Crippen molar-refractivity contribution in [3.05, 3.63) is 491 Å². The molecule has 6 aromatic heterocycles. The summed E-state index contributed by atoms with van der Waals surface area (Å²) in [5.41, 5.74) is 28.3. The highest BCUT2D eigenvalue weighted by Gasteiger charge is 2.22. The maximum Gasteiger partial charge on any atom is 0.160 e. The van der Waals surface area contributed by atoms with Crippen LogP contribution in [0.25, 0.3) is 262 Å². The van der Waals surface area contributed by atoms with Crippen LogP contribution < -0.4 is 0 Å². The fourth-order valence-electron chi connectivity index (χ4n) is 19.0. The van der Waals surface area contributed by atoms with Crippen LogP contribution in [0.4, 0.5) is 0 Å². The second-order valence-corrected chi connectivity index (χ2v) is 38.1. The highest BCUT2D eigenvalue weighted by atomic mass is 32.1. The summed E-state index contributed by atoms with van der Waals surface area (Å²) >= 11 is 5.25. The van der Waals surface area contributed by atoms with E-state index in [-0.39, 0.29) is 0 Å². The van der Waals surface area contributed by atoms with E-state index >= 15 is 0 Å². The predicted molar refractivity (Wildman–Crippen MR) is 592 cm³/mol. The lowest BCUT2D eigenvalue weighted by molar-refractivity contribution is 1.18. The number of rotatable bonds is 15. The molecule has 0 N–H and O–H groups in total. The smallest absolute Gasteiger partial charge is 0.160 e. The summed E-state index contributed by atoms with van der Waals surface area (Å²) in [6, 6.07) is 172. The molecule has 21 aromatic carbocycles. The van der Waals surface area contributed by atoms with Crippen LogP contribution in [0.2, 0.25) is 0 Å². The molecule has 0 bridgehead atoms. The van der Waals surface area contributed by atoms with Crippen LogP contribution in [0.3, 0.4) is 0 Å². The van der Waals surface area contributed by atoms with Gasteiger partial charge in [-0.2, -0.15) is 0 Å². The van der Waals surface area contributed by atoms with Crippen LogP contribution in [0.15, 0.2) is 491 Å². The first kappa shape index (κ1) is 84.8. The lowest BCUT2D eigenvalue weighted by atomic mass is 9.96. The molecule has 0 atom stereocenters. The number of benzene rings is 21. The van der Waals surface area contributed by atoms with Gasteiger partial charge in [0, 0.05) is 82.9 Å². The third-order valence-corrected chi connectivity index (χ3v) is 29.3. The molecule has 0 radical (unpaired) electrons. The van der Waals surface area contributed by atoms with Gasteiger partial charge in [0.25, 0.3) is 0 Å². The molecule has 0 aliphatic rings. The van der Waals surface area contributed by atoms with Crippen molar-refractivity contribution >= 4 is 129 Å². The molecular weight excluding hydrogens is 1770 g/mol. The van der Waals surface area contributed by atoms with Crippen molar-refractivity contribution < 1.29 is 0 Å². The third kappa shape index (κ3) is 17.1. The molecule has 0 spiro atoms. The van der Waals surface area contributed by atoms with Gasteiger partial charge in [0.15, 0.2) is 17.5 Å². The Hall–Kier alpha value is -17.9. The fraction of sp³-hybridized carbons (Fsp3) is 0. The van der Waals surface area contributed by atoms with Crippen molar-refractivity contribution in [3.8, 4) is 167 Å². The van der Waals surface area contributed by atoms with E-state index in [2.05, 4.69) is 364 Å². The fourth-order valence-corrected chi connectivity index (χ4v) is 21.9. The Labute approximate surface area is 825 Å². The quantitative estimate of drug-likeness (QED) is 0.0925. The van der Waals surface area contributed by atoms with Gasteiger partial charge in [0.1, 0.15) is 15.0 Å². The first-order valence-corrected chi connectivity index (χ1v) is 49.5. The Morgan fingerprint density at radius 2 is 0.355 bits per heavy atom. The van der Waals surface area contributed by atoms with E-state index in [1.165, 1.54) is 84.3 Å². The molecule has 660 valence electrons. The minimum Gasteiger partial charge on any atom is -0.235 e. The van der Waals surface area contributed by atoms with Gasteiger partial charge in [0.05, 0.1) is 64.8 Å². The molecule has 6 heterocycles. The standard InChI is InChI=1S/3C43H27N3S/c1-4-11-28(12-5-1)37-27-38(29-13-6-2-7-14-29)45-42(44-37)35-18-10-17-32(26-35)33-21-23-36-34(25-33)20-19-30-22-24-39-41(40(30)36)46-43(47-39)31-15-8-3-9-16-31;1-4-10-30(11-5-1)37-27-38(31-12-6-2-7-13-31)45-42(44-37)33-21-16-28(17-22-33)35-23-19-29-18-20-32-24-25-39-41(40(32)36(29)26-35)46-43(47-39)34-14-8-3-9-15-34;1-4-10-29(11-5-1)37-27-38(30-12-6-2-7-13-30)45-42(44-37)32-19-16-28(17-20-32)34-22-24-36-35(26-34)21-18-31-23-25-39-41(40(31)36)46-43(47-39)33-14-8-3-9-15-33/h3*1-27H. The summed E-state index contributed by atoms with van der Waals surface area (Å²) in [6.07, 6.45) is 0. The van der Waals surface area contributed by atoms with Crippen LogP contribution in [-0.4, -0.2) is 44.9 Å². The molecule has 0 aliphatic heterocycles. The topological polar surface area (TPSA) is 116 Å². The van der Waals surface area contributed by atoms with E-state index < -0.39 is 0 Å². The number of fused-ring (bicyclic) bond motifs is 15. The maximum atomic E-state index is 5.17. The summed E-state index contributed by atoms with van der Waals surface area (Å²) < 4.78 is 3.61. The average Bonchev–Trinajstić information content (AvgIpc) is 1.66. The minimum absolute atomic E-state index is 0.707. The average molecular weight is 1850 g/mol. The van der Waals surface area contributed by atoms with Gasteiger partial charge in [-0.3, -0.25) is 0 Å². The number of hydrogen-bond acceptors (Lipinski definition) is 12. The monoisotopic (exact) mass is 1850 g/mol. The van der Waals surface area contributed by atoms with Crippen molar-refractivity contribution in [2.24, 2.45) is 0 Å². The highest BCUT2D eigenvalue weighted by Crippen LogP contribution is 2.45. The number of thiazole rings is 3. The molecule has 27 rings (SSSR count). The van der Waals surface area contributed by atoms with Crippen molar-refractivity contribution in [2.75, 3.05) is 0 Å². The summed E-state index contributed by atoms with van der Waals surface area (Å²) in [5.74, 6) is 2.13. The van der Waals surface area contributed by atoms with Crippen LogP contribution in [0.5, 0.6) is 0 Å². The molecule has 9 nitrogen and oxygen atoms in total. The zero-order valence-electron chi connectivity index (χ0n) is 76.0. The molecule has 12 heteroatoms. The van der Waals surface area contributed by atoms with Gasteiger partial charge >= 0.3 is 0 Å². The molecular formula is C129H81N9S3. The first-order chi connectivity index (χ1) is 69.8. The zero-order chi connectivity index (χ0) is 93.5. The molecule has 0 saturated carbocycles. The third-order valence-electron chi connectivity index (χ3n) is 26.1. The Kier molecular flexibility index (Phi) is 22.4. The van der Waals surface area contributed by atoms with E-state index in [0.29, 0.717) is 17.5 Å². The zero-order valence-corrected chi connectivity index (χ0v) is 78.5. The van der Waals surface area contributed by atoms with Gasteiger partial charge in [0.2, 0.25) is 0 Å². The normalized spacial score (nSPS) is 11.4. The van der Waals surface area contributed by atoms with Gasteiger partial charge < -0.3 is 0 Å². The number of nitrogens with zero attached hydrogens (tertiary/aromatic N) is 9. The van der Waals surface area contributed by atoms with E-state index in [9.17, 15) is 0 Å². The molecule has 0 fully saturated rings. The molecule has 0 unspecified atom stereocenters. The Morgan fingerprint density at radius 3 is 0.688 bits per heavy atom. The maximum absolute atomic E-state index is 5.17. The predicted octanol–water partition coefficient (Wildman–Crippen LogP) is 35.2. The Bertz CT molecular complexity index is 9190. The number of hydrogen-bond donors (Lipinski definition) is 0. The summed E-state index contributed by atoms with van der Waals surface area (Å²) in [7, 11) is 0. The lowest BCUT2D eigenvalue weighted by Crippen LogP contribution is -1.96. The van der Waals surface area contributed by atoms with Crippen LogP contribution in [-0.2, 0) is 0 Å². The molecule has 0 saturated heterocycles. The van der Waals surface area contributed by atoms with Gasteiger partial charge in [-0.25, -0.2) is 44.9 Å². The largest absolute Gasteiger partial charge is 0.235 e. The van der Waals surface area contributed by atoms with Crippen molar-refractivity contribution in [3.63, 3.8) is 0 Å². The first-order valence-electron chi connectivity index (χ1n) is 47.1. The minimum atomic E-state index is 0.707. The van der Waals surface area contributed by atoms with Crippen molar-refractivity contribution in [1.82, 2.24) is 44.9 Å². The number of aromatic nitrogens is 9. The summed E-state index contributed by atoms with van der Waals surface area (Å²) in [4.78, 5) is 45.6. The second kappa shape index (κ2) is 37.3. The second-order valence-electron chi connectivity index (χ2n) is 35.0. The van der Waals surface area contributed by atoms with Gasteiger partial charge in [-0.1, -0.05) is 431 Å². The van der Waals surface area contributed by atoms with Crippen LogP contribution in [0, 0.1) is 0 Å². The van der Waals surface area contributed by atoms with Gasteiger partial charge in [-0.15, -0.1) is 34.0 Å². The van der Waals surface area contributed by atoms with Crippen LogP contribution >= 0.6 is 34.0 Å². The molecule has 0 aliphatic carbocycles. The summed E-state index contributed by atoms with van der Waals surface area (Å²) in [5, 5.41) is 17.6.